The average molecular weight is 276 g/mol. The molecular weight excluding hydrogens is 248 g/mol. The van der Waals surface area contributed by atoms with Gasteiger partial charge in [0.25, 0.3) is 0 Å². The molecular formula is C16H28N4. The smallest absolute Gasteiger partial charge is 0.134 e. The molecule has 0 saturated heterocycles. The van der Waals surface area contributed by atoms with Gasteiger partial charge in [0.1, 0.15) is 17.5 Å². The van der Waals surface area contributed by atoms with Crippen LogP contribution < -0.4 is 10.6 Å². The molecule has 0 spiro atoms. The van der Waals surface area contributed by atoms with E-state index >= 15 is 0 Å². The second-order valence-corrected chi connectivity index (χ2v) is 5.68. The Kier molecular flexibility index (Phi) is 5.62. The first-order valence-corrected chi connectivity index (χ1v) is 8.12. The summed E-state index contributed by atoms with van der Waals surface area (Å²) in [5.41, 5.74) is 1.15. The van der Waals surface area contributed by atoms with Crippen LogP contribution in [0.3, 0.4) is 0 Å². The van der Waals surface area contributed by atoms with Crippen molar-refractivity contribution in [2.45, 2.75) is 71.8 Å². The van der Waals surface area contributed by atoms with Crippen LogP contribution in [0.5, 0.6) is 0 Å². The summed E-state index contributed by atoms with van der Waals surface area (Å²) in [4.78, 5) is 9.29. The van der Waals surface area contributed by atoms with Crippen LogP contribution in [-0.2, 0) is 6.42 Å². The highest BCUT2D eigenvalue weighted by Crippen LogP contribution is 2.25. The summed E-state index contributed by atoms with van der Waals surface area (Å²) in [6, 6.07) is 0.574. The highest BCUT2D eigenvalue weighted by Gasteiger charge is 2.16. The minimum Gasteiger partial charge on any atom is -0.370 e. The van der Waals surface area contributed by atoms with E-state index in [0.717, 1.165) is 36.0 Å². The number of aryl methyl sites for hydroxylation is 1. The van der Waals surface area contributed by atoms with E-state index in [1.807, 2.05) is 0 Å². The van der Waals surface area contributed by atoms with Gasteiger partial charge < -0.3 is 10.6 Å². The zero-order valence-corrected chi connectivity index (χ0v) is 13.1. The van der Waals surface area contributed by atoms with Crippen molar-refractivity contribution in [3.05, 3.63) is 11.4 Å². The Hall–Kier alpha value is -1.32. The van der Waals surface area contributed by atoms with Crippen molar-refractivity contribution in [2.75, 3.05) is 17.2 Å². The Bertz CT molecular complexity index is 423. The molecule has 1 aliphatic carbocycles. The quantitative estimate of drug-likeness (QED) is 0.800. The fourth-order valence-electron chi connectivity index (χ4n) is 2.82. The lowest BCUT2D eigenvalue weighted by atomic mass is 10.1. The summed E-state index contributed by atoms with van der Waals surface area (Å²) >= 11 is 0. The lowest BCUT2D eigenvalue weighted by molar-refractivity contribution is 0.616. The van der Waals surface area contributed by atoms with Gasteiger partial charge in [-0.2, -0.15) is 0 Å². The van der Waals surface area contributed by atoms with Gasteiger partial charge in [-0.3, -0.25) is 0 Å². The van der Waals surface area contributed by atoms with Gasteiger partial charge in [-0.1, -0.05) is 32.6 Å². The molecule has 2 rings (SSSR count). The second-order valence-electron chi connectivity index (χ2n) is 5.68. The van der Waals surface area contributed by atoms with Crippen molar-refractivity contribution >= 4 is 11.6 Å². The number of nitrogens with zero attached hydrogens (tertiary/aromatic N) is 2. The van der Waals surface area contributed by atoms with Gasteiger partial charge >= 0.3 is 0 Å². The van der Waals surface area contributed by atoms with Crippen LogP contribution in [0.2, 0.25) is 0 Å². The van der Waals surface area contributed by atoms with E-state index in [1.54, 1.807) is 0 Å². The third-order valence-corrected chi connectivity index (χ3v) is 4.05. The number of hydrogen-bond donors (Lipinski definition) is 2. The van der Waals surface area contributed by atoms with Crippen LogP contribution in [0.1, 0.15) is 63.8 Å². The van der Waals surface area contributed by atoms with Gasteiger partial charge in [0, 0.05) is 24.6 Å². The number of anilines is 2. The molecule has 0 bridgehead atoms. The molecule has 0 unspecified atom stereocenters. The van der Waals surface area contributed by atoms with Crippen LogP contribution in [0.15, 0.2) is 0 Å². The second kappa shape index (κ2) is 7.46. The first kappa shape index (κ1) is 15.1. The number of aromatic nitrogens is 2. The normalized spacial score (nSPS) is 16.8. The maximum absolute atomic E-state index is 4.70. The molecule has 1 aromatic heterocycles. The molecule has 20 heavy (non-hydrogen) atoms. The molecule has 4 heteroatoms. The molecule has 1 aliphatic rings. The highest BCUT2D eigenvalue weighted by molar-refractivity contribution is 5.57. The van der Waals surface area contributed by atoms with Gasteiger partial charge in [-0.05, 0) is 26.7 Å². The Balaban J connectivity index is 2.18. The van der Waals surface area contributed by atoms with E-state index in [-0.39, 0.29) is 0 Å². The molecule has 0 amide bonds. The van der Waals surface area contributed by atoms with E-state index in [0.29, 0.717) is 6.04 Å². The third kappa shape index (κ3) is 3.84. The average Bonchev–Trinajstić information content (AvgIpc) is 2.72. The maximum Gasteiger partial charge on any atom is 0.134 e. The molecule has 0 aliphatic heterocycles. The van der Waals surface area contributed by atoms with Crippen LogP contribution in [0.25, 0.3) is 0 Å². The Labute approximate surface area is 122 Å². The van der Waals surface area contributed by atoms with Crippen LogP contribution >= 0.6 is 0 Å². The third-order valence-electron chi connectivity index (χ3n) is 4.05. The molecule has 4 nitrogen and oxygen atoms in total. The van der Waals surface area contributed by atoms with Gasteiger partial charge in [-0.25, -0.2) is 9.97 Å². The zero-order valence-electron chi connectivity index (χ0n) is 13.1. The summed E-state index contributed by atoms with van der Waals surface area (Å²) in [7, 11) is 0. The van der Waals surface area contributed by atoms with Gasteiger partial charge in [0.15, 0.2) is 0 Å². The van der Waals surface area contributed by atoms with Gasteiger partial charge in [-0.15, -0.1) is 0 Å². The molecule has 1 heterocycles. The lowest BCUT2D eigenvalue weighted by Gasteiger charge is -2.20. The zero-order chi connectivity index (χ0) is 14.4. The van der Waals surface area contributed by atoms with Crippen molar-refractivity contribution < 1.29 is 0 Å². The minimum atomic E-state index is 0.574. The van der Waals surface area contributed by atoms with Crippen molar-refractivity contribution in [1.29, 1.82) is 0 Å². The summed E-state index contributed by atoms with van der Waals surface area (Å²) < 4.78 is 0. The molecule has 0 aromatic carbocycles. The van der Waals surface area contributed by atoms with Crippen LogP contribution in [0.4, 0.5) is 11.6 Å². The fourth-order valence-corrected chi connectivity index (χ4v) is 2.82. The van der Waals surface area contributed by atoms with E-state index < -0.39 is 0 Å². The SMILES string of the molecule is CCNc1nc(CC)nc(NC2CCCCCC2)c1C. The molecule has 1 fully saturated rings. The van der Waals surface area contributed by atoms with Crippen LogP contribution in [0, 0.1) is 6.92 Å². The Morgan fingerprint density at radius 2 is 1.65 bits per heavy atom. The summed E-state index contributed by atoms with van der Waals surface area (Å²) in [5.74, 6) is 2.93. The predicted molar refractivity (Wildman–Crippen MR) is 85.4 cm³/mol. The number of rotatable bonds is 5. The molecule has 1 saturated carbocycles. The number of nitrogens with one attached hydrogen (secondary N) is 2. The summed E-state index contributed by atoms with van der Waals surface area (Å²) in [6.45, 7) is 7.21. The highest BCUT2D eigenvalue weighted by atomic mass is 15.1. The summed E-state index contributed by atoms with van der Waals surface area (Å²) in [6.07, 6.45) is 8.83. The monoisotopic (exact) mass is 276 g/mol. The van der Waals surface area contributed by atoms with Gasteiger partial charge in [0.2, 0.25) is 0 Å². The largest absolute Gasteiger partial charge is 0.370 e. The van der Waals surface area contributed by atoms with E-state index in [9.17, 15) is 0 Å². The summed E-state index contributed by atoms with van der Waals surface area (Å²) in [5, 5.41) is 7.02. The first-order valence-electron chi connectivity index (χ1n) is 8.12. The van der Waals surface area contributed by atoms with Crippen molar-refractivity contribution in [2.24, 2.45) is 0 Å². The van der Waals surface area contributed by atoms with E-state index in [2.05, 4.69) is 36.4 Å². The molecule has 1 aromatic rings. The topological polar surface area (TPSA) is 49.8 Å². The number of hydrogen-bond acceptors (Lipinski definition) is 4. The fraction of sp³-hybridized carbons (Fsp3) is 0.750. The van der Waals surface area contributed by atoms with Crippen molar-refractivity contribution in [1.82, 2.24) is 9.97 Å². The molecule has 0 atom stereocenters. The predicted octanol–water partition coefficient (Wildman–Crippen LogP) is 3.91. The maximum atomic E-state index is 4.70. The first-order chi connectivity index (χ1) is 9.74. The van der Waals surface area contributed by atoms with Crippen LogP contribution in [-0.4, -0.2) is 22.6 Å². The minimum absolute atomic E-state index is 0.574. The van der Waals surface area contributed by atoms with E-state index in [4.69, 9.17) is 4.98 Å². The van der Waals surface area contributed by atoms with Gasteiger partial charge in [0.05, 0.1) is 0 Å². The van der Waals surface area contributed by atoms with Crippen molar-refractivity contribution in [3.63, 3.8) is 0 Å². The lowest BCUT2D eigenvalue weighted by Crippen LogP contribution is -2.21. The van der Waals surface area contributed by atoms with Crippen molar-refractivity contribution in [3.8, 4) is 0 Å². The Morgan fingerprint density at radius 3 is 2.25 bits per heavy atom. The molecule has 2 N–H and O–H groups in total. The van der Waals surface area contributed by atoms with E-state index in [1.165, 1.54) is 38.5 Å². The Morgan fingerprint density at radius 1 is 1.00 bits per heavy atom. The molecule has 0 radical (unpaired) electrons. The standard InChI is InChI=1S/C16H28N4/c1-4-14-19-15(17-5-2)12(3)16(20-14)18-13-10-8-6-7-9-11-13/h13H,4-11H2,1-3H3,(H2,17,18,19,20). The molecule has 112 valence electrons.